The molecule has 0 amide bonds. The van der Waals surface area contributed by atoms with Crippen LogP contribution in [0.2, 0.25) is 0 Å². The zero-order valence-electron chi connectivity index (χ0n) is 12.1. The largest absolute Gasteiger partial charge is 0.319 e. The second-order valence-electron chi connectivity index (χ2n) is 5.02. The number of azo groups is 1. The summed E-state index contributed by atoms with van der Waals surface area (Å²) >= 11 is 0. The zero-order valence-corrected chi connectivity index (χ0v) is 12.1. The lowest BCUT2D eigenvalue weighted by Gasteiger charge is -2.16. The Morgan fingerprint density at radius 1 is 0.864 bits per heavy atom. The van der Waals surface area contributed by atoms with Crippen LogP contribution >= 0.6 is 0 Å². The number of hydrogen-bond donors (Lipinski definition) is 1. The summed E-state index contributed by atoms with van der Waals surface area (Å²) in [5.74, 6) is 0. The lowest BCUT2D eigenvalue weighted by atomic mass is 9.97. The summed E-state index contributed by atoms with van der Waals surface area (Å²) in [5, 5.41) is 8.53. The van der Waals surface area contributed by atoms with Crippen molar-refractivity contribution >= 4 is 11.8 Å². The van der Waals surface area contributed by atoms with Gasteiger partial charge in [0.15, 0.2) is 0 Å². The van der Waals surface area contributed by atoms with E-state index in [-0.39, 0.29) is 6.04 Å². The van der Waals surface area contributed by atoms with Crippen LogP contribution < -0.4 is 5.73 Å². The molecule has 1 atom stereocenters. The topological polar surface area (TPSA) is 50.7 Å². The normalized spacial score (nSPS) is 19.6. The number of benzene rings is 2. The molecule has 0 fully saturated rings. The molecular weight excluding hydrogens is 270 g/mol. The van der Waals surface area contributed by atoms with E-state index in [4.69, 9.17) is 5.73 Å². The molecule has 0 radical (unpaired) electrons. The minimum atomic E-state index is -0.266. The highest BCUT2D eigenvalue weighted by atomic mass is 15.1. The summed E-state index contributed by atoms with van der Waals surface area (Å²) in [6.07, 6.45) is 7.95. The fourth-order valence-corrected chi connectivity index (χ4v) is 2.22. The van der Waals surface area contributed by atoms with Gasteiger partial charge in [-0.05, 0) is 35.4 Å². The van der Waals surface area contributed by atoms with Gasteiger partial charge in [-0.2, -0.15) is 10.2 Å². The van der Waals surface area contributed by atoms with Crippen LogP contribution in [0, 0.1) is 0 Å². The molecule has 3 nitrogen and oxygen atoms in total. The molecule has 1 aliphatic carbocycles. The first-order chi connectivity index (χ1) is 10.8. The van der Waals surface area contributed by atoms with Crippen molar-refractivity contribution in [2.45, 2.75) is 6.04 Å². The van der Waals surface area contributed by atoms with Crippen LogP contribution in [0.1, 0.15) is 5.56 Å². The van der Waals surface area contributed by atoms with Gasteiger partial charge in [0.2, 0.25) is 0 Å². The average molecular weight is 287 g/mol. The summed E-state index contributed by atoms with van der Waals surface area (Å²) in [6.45, 7) is 0. The highest BCUT2D eigenvalue weighted by Gasteiger charge is 2.15. The maximum Gasteiger partial charge on any atom is 0.0856 e. The molecule has 0 aromatic heterocycles. The van der Waals surface area contributed by atoms with Gasteiger partial charge < -0.3 is 5.73 Å². The van der Waals surface area contributed by atoms with E-state index >= 15 is 0 Å². The first-order valence-corrected chi connectivity index (χ1v) is 7.20. The van der Waals surface area contributed by atoms with Crippen molar-refractivity contribution in [1.29, 1.82) is 0 Å². The number of hydrogen-bond acceptors (Lipinski definition) is 3. The van der Waals surface area contributed by atoms with Crippen LogP contribution in [-0.2, 0) is 0 Å². The second kappa shape index (κ2) is 6.78. The quantitative estimate of drug-likeness (QED) is 0.822. The minimum Gasteiger partial charge on any atom is -0.319 e. The number of rotatable bonds is 3. The average Bonchev–Trinajstić information content (AvgIpc) is 2.58. The summed E-state index contributed by atoms with van der Waals surface area (Å²) in [4.78, 5) is 0. The molecule has 22 heavy (non-hydrogen) atoms. The Kier molecular flexibility index (Phi) is 4.37. The maximum absolute atomic E-state index is 6.29. The highest BCUT2D eigenvalue weighted by molar-refractivity contribution is 5.60. The van der Waals surface area contributed by atoms with Gasteiger partial charge in [-0.3, -0.25) is 0 Å². The lowest BCUT2D eigenvalue weighted by Crippen LogP contribution is -2.24. The third-order valence-electron chi connectivity index (χ3n) is 3.40. The van der Waals surface area contributed by atoms with Gasteiger partial charge in [0.05, 0.1) is 17.4 Å². The Bertz CT molecular complexity index is 741. The van der Waals surface area contributed by atoms with Crippen molar-refractivity contribution in [2.24, 2.45) is 16.0 Å². The predicted octanol–water partition coefficient (Wildman–Crippen LogP) is 4.63. The summed E-state index contributed by atoms with van der Waals surface area (Å²) in [5.41, 5.74) is 10.0. The van der Waals surface area contributed by atoms with Gasteiger partial charge >= 0.3 is 0 Å². The van der Waals surface area contributed by atoms with Crippen LogP contribution in [0.4, 0.5) is 5.69 Å². The molecule has 1 aliphatic rings. The minimum absolute atomic E-state index is 0.266. The Labute approximate surface area is 130 Å². The van der Waals surface area contributed by atoms with Crippen molar-refractivity contribution in [2.75, 3.05) is 0 Å². The van der Waals surface area contributed by atoms with Crippen LogP contribution in [0.15, 0.2) is 100 Å². The van der Waals surface area contributed by atoms with E-state index in [0.29, 0.717) is 0 Å². The van der Waals surface area contributed by atoms with Gasteiger partial charge in [-0.15, -0.1) is 0 Å². The first kappa shape index (κ1) is 14.2. The Morgan fingerprint density at radius 2 is 1.55 bits per heavy atom. The van der Waals surface area contributed by atoms with Crippen LogP contribution in [0.25, 0.3) is 6.08 Å². The van der Waals surface area contributed by atoms with Crippen molar-refractivity contribution < 1.29 is 0 Å². The maximum atomic E-state index is 6.29. The molecule has 0 heterocycles. The zero-order chi connectivity index (χ0) is 15.2. The van der Waals surface area contributed by atoms with Gasteiger partial charge in [0.1, 0.15) is 0 Å². The number of allylic oxidation sites excluding steroid dienone is 2. The first-order valence-electron chi connectivity index (χ1n) is 7.20. The van der Waals surface area contributed by atoms with E-state index < -0.39 is 0 Å². The van der Waals surface area contributed by atoms with E-state index in [9.17, 15) is 0 Å². The fraction of sp³-hybridized carbons (Fsp3) is 0.0526. The van der Waals surface area contributed by atoms with E-state index in [0.717, 1.165) is 22.5 Å². The summed E-state index contributed by atoms with van der Waals surface area (Å²) in [6, 6.07) is 19.5. The Morgan fingerprint density at radius 3 is 2.27 bits per heavy atom. The molecule has 0 aliphatic heterocycles. The molecule has 1 unspecified atom stereocenters. The van der Waals surface area contributed by atoms with Crippen LogP contribution in [0.5, 0.6) is 0 Å². The van der Waals surface area contributed by atoms with Crippen molar-refractivity contribution in [3.8, 4) is 0 Å². The Balaban J connectivity index is 1.80. The molecule has 0 saturated heterocycles. The fourth-order valence-electron chi connectivity index (χ4n) is 2.22. The van der Waals surface area contributed by atoms with E-state index in [1.807, 2.05) is 66.8 Å². The molecule has 0 spiro atoms. The smallest absolute Gasteiger partial charge is 0.0856 e. The summed E-state index contributed by atoms with van der Waals surface area (Å²) < 4.78 is 0. The molecule has 0 saturated carbocycles. The number of nitrogens with zero attached hydrogens (tertiary/aromatic N) is 2. The Hall–Kier alpha value is -2.78. The molecular formula is C19H17N3. The monoisotopic (exact) mass is 287 g/mol. The molecule has 2 aromatic carbocycles. The van der Waals surface area contributed by atoms with Gasteiger partial charge in [-0.1, -0.05) is 60.7 Å². The summed E-state index contributed by atoms with van der Waals surface area (Å²) in [7, 11) is 0. The molecule has 3 rings (SSSR count). The van der Waals surface area contributed by atoms with Crippen molar-refractivity contribution in [1.82, 2.24) is 0 Å². The predicted molar refractivity (Wildman–Crippen MR) is 90.6 cm³/mol. The third kappa shape index (κ3) is 3.45. The molecule has 0 bridgehead atoms. The number of nitrogens with two attached hydrogens (primary N) is 1. The van der Waals surface area contributed by atoms with Crippen molar-refractivity contribution in [3.05, 3.63) is 95.7 Å². The van der Waals surface area contributed by atoms with E-state index in [1.165, 1.54) is 0 Å². The van der Waals surface area contributed by atoms with E-state index in [2.05, 4.69) is 28.4 Å². The molecule has 2 aromatic rings. The lowest BCUT2D eigenvalue weighted by molar-refractivity contribution is 0.865. The van der Waals surface area contributed by atoms with Crippen LogP contribution in [-0.4, -0.2) is 6.04 Å². The highest BCUT2D eigenvalue weighted by Crippen LogP contribution is 2.22. The molecule has 3 heteroatoms. The van der Waals surface area contributed by atoms with Gasteiger partial charge in [-0.25, -0.2) is 0 Å². The molecule has 108 valence electrons. The molecule has 2 N–H and O–H groups in total. The second-order valence-corrected chi connectivity index (χ2v) is 5.02. The third-order valence-corrected chi connectivity index (χ3v) is 3.40. The SMILES string of the molecule is NC1C(=Cc2ccccc2)C=CC=C1N=Nc1ccccc1. The standard InChI is InChI=1S/C19H17N3/c20-19-16(14-15-8-3-1-4-9-15)10-7-13-18(19)22-21-17-11-5-2-6-12-17/h1-14,19H,20H2. The van der Waals surface area contributed by atoms with Gasteiger partial charge in [0.25, 0.3) is 0 Å². The van der Waals surface area contributed by atoms with Gasteiger partial charge in [0, 0.05) is 0 Å². The van der Waals surface area contributed by atoms with Crippen LogP contribution in [0.3, 0.4) is 0 Å². The van der Waals surface area contributed by atoms with Crippen molar-refractivity contribution in [3.63, 3.8) is 0 Å². The van der Waals surface area contributed by atoms with E-state index in [1.54, 1.807) is 0 Å².